The molecule has 1 fully saturated rings. The molecule has 2 aliphatic rings. The lowest BCUT2D eigenvalue weighted by Gasteiger charge is -2.28. The second kappa shape index (κ2) is 9.56. The van der Waals surface area contributed by atoms with Crippen LogP contribution in [0.25, 0.3) is 0 Å². The second-order valence-electron chi connectivity index (χ2n) is 7.90. The number of amidine groups is 1. The van der Waals surface area contributed by atoms with Gasteiger partial charge in [-0.1, -0.05) is 12.1 Å². The molecule has 0 spiro atoms. The normalized spacial score (nSPS) is 15.0. The Labute approximate surface area is 196 Å². The molecule has 3 aromatic rings. The van der Waals surface area contributed by atoms with Crippen molar-refractivity contribution in [2.45, 2.75) is 13.1 Å². The van der Waals surface area contributed by atoms with E-state index in [0.29, 0.717) is 30.1 Å². The van der Waals surface area contributed by atoms with Crippen LogP contribution in [0.15, 0.2) is 65.0 Å². The number of hydrogen-bond donors (Lipinski definition) is 2. The fraction of sp³-hybridized carbons (Fsp3) is 0.240. The smallest absolute Gasteiger partial charge is 0.256 e. The summed E-state index contributed by atoms with van der Waals surface area (Å²) in [4.78, 5) is 33.3. The van der Waals surface area contributed by atoms with Gasteiger partial charge in [0.05, 0.1) is 26.3 Å². The van der Waals surface area contributed by atoms with Gasteiger partial charge in [-0.3, -0.25) is 14.6 Å². The molecule has 0 atom stereocenters. The molecule has 1 saturated heterocycles. The van der Waals surface area contributed by atoms with Crippen LogP contribution < -0.4 is 15.5 Å². The summed E-state index contributed by atoms with van der Waals surface area (Å²) < 4.78 is 5.40. The van der Waals surface area contributed by atoms with Crippen LogP contribution in [0, 0.1) is 0 Å². The molecule has 33 heavy (non-hydrogen) atoms. The van der Waals surface area contributed by atoms with Crippen molar-refractivity contribution in [3.8, 4) is 0 Å². The fourth-order valence-corrected chi connectivity index (χ4v) is 4.58. The SMILES string of the molecule is O=C(NCc1cccs1)c1ccc2c(c1)C(NC(=O)c1ccc(N3CCOCC3)cc1)=NC2. The van der Waals surface area contributed by atoms with E-state index in [1.807, 2.05) is 47.8 Å². The van der Waals surface area contributed by atoms with Crippen molar-refractivity contribution in [1.82, 2.24) is 10.6 Å². The molecule has 1 aromatic heterocycles. The largest absolute Gasteiger partial charge is 0.378 e. The zero-order chi connectivity index (χ0) is 22.6. The summed E-state index contributed by atoms with van der Waals surface area (Å²) in [7, 11) is 0. The number of carbonyl (C=O) groups excluding carboxylic acids is 2. The lowest BCUT2D eigenvalue weighted by atomic mass is 10.0. The highest BCUT2D eigenvalue weighted by Gasteiger charge is 2.21. The van der Waals surface area contributed by atoms with E-state index in [-0.39, 0.29) is 11.8 Å². The Hall–Kier alpha value is -3.49. The number of anilines is 1. The van der Waals surface area contributed by atoms with E-state index >= 15 is 0 Å². The number of hydrogen-bond acceptors (Lipinski definition) is 6. The molecule has 168 valence electrons. The first-order valence-electron chi connectivity index (χ1n) is 10.9. The average molecular weight is 461 g/mol. The van der Waals surface area contributed by atoms with Gasteiger partial charge in [0, 0.05) is 40.3 Å². The van der Waals surface area contributed by atoms with Crippen molar-refractivity contribution < 1.29 is 14.3 Å². The molecule has 0 radical (unpaired) electrons. The highest BCUT2D eigenvalue weighted by molar-refractivity contribution is 7.09. The van der Waals surface area contributed by atoms with E-state index in [1.54, 1.807) is 23.5 Å². The summed E-state index contributed by atoms with van der Waals surface area (Å²) in [5.41, 5.74) is 3.97. The number of ether oxygens (including phenoxy) is 1. The van der Waals surface area contributed by atoms with Crippen LogP contribution in [0.4, 0.5) is 5.69 Å². The molecule has 2 aromatic carbocycles. The van der Waals surface area contributed by atoms with Gasteiger partial charge in [-0.2, -0.15) is 0 Å². The number of amides is 2. The minimum atomic E-state index is -0.220. The zero-order valence-electron chi connectivity index (χ0n) is 18.0. The minimum Gasteiger partial charge on any atom is -0.378 e. The van der Waals surface area contributed by atoms with Gasteiger partial charge in [0.25, 0.3) is 11.8 Å². The van der Waals surface area contributed by atoms with Crippen molar-refractivity contribution in [1.29, 1.82) is 0 Å². The summed E-state index contributed by atoms with van der Waals surface area (Å²) in [5, 5.41) is 7.84. The monoisotopic (exact) mass is 460 g/mol. The van der Waals surface area contributed by atoms with Crippen molar-refractivity contribution in [3.63, 3.8) is 0 Å². The first-order valence-corrected chi connectivity index (χ1v) is 11.8. The average Bonchev–Trinajstić information content (AvgIpc) is 3.53. The summed E-state index contributed by atoms with van der Waals surface area (Å²) in [6.07, 6.45) is 0. The fourth-order valence-electron chi connectivity index (χ4n) is 3.94. The van der Waals surface area contributed by atoms with Gasteiger partial charge in [0.1, 0.15) is 5.84 Å². The maximum Gasteiger partial charge on any atom is 0.256 e. The van der Waals surface area contributed by atoms with Crippen molar-refractivity contribution in [2.75, 3.05) is 31.2 Å². The summed E-state index contributed by atoms with van der Waals surface area (Å²) >= 11 is 1.60. The van der Waals surface area contributed by atoms with Crippen LogP contribution in [-0.2, 0) is 17.8 Å². The van der Waals surface area contributed by atoms with E-state index < -0.39 is 0 Å². The van der Waals surface area contributed by atoms with Crippen LogP contribution in [-0.4, -0.2) is 44.0 Å². The standard InChI is InChI=1S/C25H24N4O3S/c30-24(27-16-21-2-1-13-33-21)18-3-4-19-15-26-23(22(19)14-18)28-25(31)17-5-7-20(8-6-17)29-9-11-32-12-10-29/h1-8,13-14H,9-12,15-16H2,(H,27,30)(H,26,28,31). The van der Waals surface area contributed by atoms with Gasteiger partial charge in [0.2, 0.25) is 0 Å². The Kier molecular flexibility index (Phi) is 6.19. The number of nitrogens with zero attached hydrogens (tertiary/aromatic N) is 2. The molecule has 2 N–H and O–H groups in total. The van der Waals surface area contributed by atoms with Crippen molar-refractivity contribution >= 4 is 34.7 Å². The Balaban J connectivity index is 1.24. The van der Waals surface area contributed by atoms with E-state index in [9.17, 15) is 9.59 Å². The maximum absolute atomic E-state index is 12.8. The number of carbonyl (C=O) groups is 2. The Morgan fingerprint density at radius 2 is 1.79 bits per heavy atom. The molecule has 5 rings (SSSR count). The summed E-state index contributed by atoms with van der Waals surface area (Å²) in [6, 6.07) is 17.0. The number of nitrogens with one attached hydrogen (secondary N) is 2. The highest BCUT2D eigenvalue weighted by Crippen LogP contribution is 2.21. The van der Waals surface area contributed by atoms with Crippen LogP contribution in [0.5, 0.6) is 0 Å². The van der Waals surface area contributed by atoms with Gasteiger partial charge >= 0.3 is 0 Å². The topological polar surface area (TPSA) is 83.0 Å². The van der Waals surface area contributed by atoms with E-state index in [0.717, 1.165) is 48.0 Å². The first kappa shape index (κ1) is 21.4. The van der Waals surface area contributed by atoms with Gasteiger partial charge in [-0.05, 0) is 53.4 Å². The van der Waals surface area contributed by atoms with Gasteiger partial charge in [0.15, 0.2) is 0 Å². The molecule has 0 bridgehead atoms. The quantitative estimate of drug-likeness (QED) is 0.613. The molecule has 2 aliphatic heterocycles. The van der Waals surface area contributed by atoms with Crippen LogP contribution in [0.1, 0.15) is 36.7 Å². The van der Waals surface area contributed by atoms with Crippen LogP contribution in [0.2, 0.25) is 0 Å². The second-order valence-corrected chi connectivity index (χ2v) is 8.93. The predicted octanol–water partition coefficient (Wildman–Crippen LogP) is 3.20. The summed E-state index contributed by atoms with van der Waals surface area (Å²) in [5.74, 6) is 0.130. The molecule has 2 amide bonds. The number of morpholine rings is 1. The molecule has 0 saturated carbocycles. The van der Waals surface area contributed by atoms with E-state index in [1.165, 1.54) is 0 Å². The Morgan fingerprint density at radius 3 is 2.55 bits per heavy atom. The Bertz CT molecular complexity index is 1180. The van der Waals surface area contributed by atoms with Crippen molar-refractivity contribution in [3.05, 3.63) is 87.1 Å². The third-order valence-electron chi connectivity index (χ3n) is 5.78. The minimum absolute atomic E-state index is 0.150. The predicted molar refractivity (Wildman–Crippen MR) is 129 cm³/mol. The molecule has 7 nitrogen and oxygen atoms in total. The van der Waals surface area contributed by atoms with Crippen LogP contribution in [0.3, 0.4) is 0 Å². The molecular weight excluding hydrogens is 436 g/mol. The lowest BCUT2D eigenvalue weighted by Crippen LogP contribution is -2.36. The Morgan fingerprint density at radius 1 is 1.00 bits per heavy atom. The third-order valence-corrected chi connectivity index (χ3v) is 6.65. The van der Waals surface area contributed by atoms with Crippen LogP contribution >= 0.6 is 11.3 Å². The zero-order valence-corrected chi connectivity index (χ0v) is 18.9. The number of aliphatic imine (C=N–C) groups is 1. The molecule has 0 aliphatic carbocycles. The maximum atomic E-state index is 12.8. The molecule has 3 heterocycles. The first-order chi connectivity index (χ1) is 16.2. The third kappa shape index (κ3) is 4.81. The highest BCUT2D eigenvalue weighted by atomic mass is 32.1. The van der Waals surface area contributed by atoms with Gasteiger partial charge in [-0.15, -0.1) is 11.3 Å². The molecule has 8 heteroatoms. The lowest BCUT2D eigenvalue weighted by molar-refractivity contribution is 0.0949. The summed E-state index contributed by atoms with van der Waals surface area (Å²) in [6.45, 7) is 4.11. The number of rotatable bonds is 5. The van der Waals surface area contributed by atoms with Gasteiger partial charge < -0.3 is 20.3 Å². The van der Waals surface area contributed by atoms with E-state index in [2.05, 4.69) is 20.5 Å². The number of fused-ring (bicyclic) bond motifs is 1. The molecule has 0 unspecified atom stereocenters. The molecular formula is C25H24N4O3S. The van der Waals surface area contributed by atoms with Crippen molar-refractivity contribution in [2.24, 2.45) is 4.99 Å². The number of thiophene rings is 1. The van der Waals surface area contributed by atoms with Gasteiger partial charge in [-0.25, -0.2) is 0 Å². The number of benzene rings is 2. The van der Waals surface area contributed by atoms with E-state index in [4.69, 9.17) is 4.74 Å².